The Morgan fingerprint density at radius 1 is 1.00 bits per heavy atom. The molecule has 2 amide bonds. The molecule has 1 aliphatic carbocycles. The van der Waals surface area contributed by atoms with Crippen LogP contribution in [0.2, 0.25) is 0 Å². The molecule has 0 bridgehead atoms. The van der Waals surface area contributed by atoms with Crippen molar-refractivity contribution in [1.82, 2.24) is 15.1 Å². The largest absolute Gasteiger partial charge is 0.351 e. The highest BCUT2D eigenvalue weighted by atomic mass is 16.2. The molecule has 102 valence electrons. The van der Waals surface area contributed by atoms with Crippen molar-refractivity contribution in [3.63, 3.8) is 0 Å². The number of nitrogens with zero attached hydrogens (tertiary/aromatic N) is 2. The molecule has 3 N–H and O–H groups in total. The summed E-state index contributed by atoms with van der Waals surface area (Å²) in [5.74, 6) is 0. The number of hydrogen-bond acceptors (Lipinski definition) is 3. The van der Waals surface area contributed by atoms with Crippen LogP contribution in [0.3, 0.4) is 0 Å². The zero-order valence-corrected chi connectivity index (χ0v) is 11.0. The minimum absolute atomic E-state index is 0.269. The lowest BCUT2D eigenvalue weighted by molar-refractivity contribution is 0.182. The minimum atomic E-state index is -0.269. The Bertz CT molecular complexity index is 310. The highest BCUT2D eigenvalue weighted by molar-refractivity contribution is 5.72. The van der Waals surface area contributed by atoms with E-state index >= 15 is 0 Å². The van der Waals surface area contributed by atoms with E-state index in [1.807, 2.05) is 0 Å². The molecular formula is C13H24N4O. The van der Waals surface area contributed by atoms with Crippen LogP contribution in [-0.4, -0.2) is 60.1 Å². The molecule has 5 heteroatoms. The number of hydrogen-bond donors (Lipinski definition) is 2. The van der Waals surface area contributed by atoms with Crippen LogP contribution in [-0.2, 0) is 0 Å². The van der Waals surface area contributed by atoms with Gasteiger partial charge in [-0.3, -0.25) is 4.90 Å². The summed E-state index contributed by atoms with van der Waals surface area (Å²) >= 11 is 0. The number of piperidine rings is 1. The Hall–Kier alpha value is -0.810. The number of carbonyl (C=O) groups is 1. The Labute approximate surface area is 109 Å². The van der Waals surface area contributed by atoms with Gasteiger partial charge in [-0.1, -0.05) is 0 Å². The van der Waals surface area contributed by atoms with Crippen molar-refractivity contribution in [2.24, 2.45) is 5.73 Å². The van der Waals surface area contributed by atoms with Gasteiger partial charge in [-0.05, 0) is 32.1 Å². The number of urea groups is 1. The summed E-state index contributed by atoms with van der Waals surface area (Å²) in [4.78, 5) is 15.4. The van der Waals surface area contributed by atoms with Gasteiger partial charge in [-0.15, -0.1) is 0 Å². The lowest BCUT2D eigenvalue weighted by Gasteiger charge is -2.33. The number of nitrogens with one attached hydrogen (secondary N) is 1. The summed E-state index contributed by atoms with van der Waals surface area (Å²) in [6.45, 7) is 4.11. The maximum atomic E-state index is 11.1. The fraction of sp³-hybridized carbons (Fsp3) is 0.923. The van der Waals surface area contributed by atoms with E-state index < -0.39 is 0 Å². The topological polar surface area (TPSA) is 61.6 Å². The van der Waals surface area contributed by atoms with Crippen molar-refractivity contribution in [1.29, 1.82) is 0 Å². The van der Waals surface area contributed by atoms with Gasteiger partial charge in [0.2, 0.25) is 0 Å². The van der Waals surface area contributed by atoms with Crippen LogP contribution in [0.25, 0.3) is 0 Å². The molecule has 3 rings (SSSR count). The van der Waals surface area contributed by atoms with Gasteiger partial charge in [-0.25, -0.2) is 4.79 Å². The van der Waals surface area contributed by atoms with E-state index in [-0.39, 0.29) is 6.03 Å². The van der Waals surface area contributed by atoms with Crippen LogP contribution in [0.1, 0.15) is 32.1 Å². The number of primary amides is 1. The van der Waals surface area contributed by atoms with Crippen LogP contribution in [0.5, 0.6) is 0 Å². The van der Waals surface area contributed by atoms with Crippen LogP contribution in [0.15, 0.2) is 0 Å². The molecule has 18 heavy (non-hydrogen) atoms. The summed E-state index contributed by atoms with van der Waals surface area (Å²) in [6.07, 6.45) is 6.19. The first-order valence-corrected chi connectivity index (χ1v) is 7.27. The fourth-order valence-corrected chi connectivity index (χ4v) is 3.29. The standard InChI is InChI=1S/C13H24N4O/c14-13(18)16-6-3-10(4-7-16)15-11-5-8-17(9-11)12-1-2-12/h10-12,15H,1-9H2,(H2,14,18). The van der Waals surface area contributed by atoms with E-state index in [0.29, 0.717) is 12.1 Å². The molecule has 1 atom stereocenters. The summed E-state index contributed by atoms with van der Waals surface area (Å²) in [5.41, 5.74) is 5.29. The fourth-order valence-electron chi connectivity index (χ4n) is 3.29. The molecule has 3 fully saturated rings. The van der Waals surface area contributed by atoms with Gasteiger partial charge in [0.25, 0.3) is 0 Å². The molecule has 1 saturated carbocycles. The lowest BCUT2D eigenvalue weighted by atomic mass is 10.0. The number of nitrogens with two attached hydrogens (primary N) is 1. The molecule has 2 saturated heterocycles. The van der Waals surface area contributed by atoms with Crippen molar-refractivity contribution in [3.8, 4) is 0 Å². The summed E-state index contributed by atoms with van der Waals surface area (Å²) in [7, 11) is 0. The Morgan fingerprint density at radius 3 is 2.28 bits per heavy atom. The van der Waals surface area contributed by atoms with Crippen LogP contribution < -0.4 is 11.1 Å². The number of amides is 2. The van der Waals surface area contributed by atoms with Gasteiger partial charge in [0.15, 0.2) is 0 Å². The molecular weight excluding hydrogens is 228 g/mol. The molecule has 0 aromatic rings. The maximum absolute atomic E-state index is 11.1. The molecule has 0 radical (unpaired) electrons. The number of rotatable bonds is 3. The van der Waals surface area contributed by atoms with Crippen LogP contribution in [0.4, 0.5) is 4.79 Å². The van der Waals surface area contributed by atoms with Gasteiger partial charge in [0.1, 0.15) is 0 Å². The molecule has 3 aliphatic rings. The zero-order chi connectivity index (χ0) is 12.5. The highest BCUT2D eigenvalue weighted by Crippen LogP contribution is 2.30. The first kappa shape index (κ1) is 12.2. The molecule has 1 unspecified atom stereocenters. The van der Waals surface area contributed by atoms with E-state index in [9.17, 15) is 4.79 Å². The summed E-state index contributed by atoms with van der Waals surface area (Å²) in [6, 6.07) is 1.86. The average molecular weight is 252 g/mol. The monoisotopic (exact) mass is 252 g/mol. The van der Waals surface area contributed by atoms with Crippen molar-refractivity contribution < 1.29 is 4.79 Å². The Morgan fingerprint density at radius 2 is 1.67 bits per heavy atom. The van der Waals surface area contributed by atoms with E-state index in [2.05, 4.69) is 10.2 Å². The van der Waals surface area contributed by atoms with Gasteiger partial charge in [0, 0.05) is 44.3 Å². The van der Waals surface area contributed by atoms with Gasteiger partial charge in [-0.2, -0.15) is 0 Å². The number of carbonyl (C=O) groups excluding carboxylic acids is 1. The third kappa shape index (κ3) is 2.78. The predicted octanol–water partition coefficient (Wildman–Crippen LogP) is 0.356. The molecule has 0 aromatic carbocycles. The molecule has 2 aliphatic heterocycles. The Balaban J connectivity index is 1.40. The second-order valence-electron chi connectivity index (χ2n) is 5.98. The predicted molar refractivity (Wildman–Crippen MR) is 70.3 cm³/mol. The summed E-state index contributed by atoms with van der Waals surface area (Å²) in [5, 5.41) is 3.77. The third-order valence-electron chi connectivity index (χ3n) is 4.56. The van der Waals surface area contributed by atoms with Crippen molar-refractivity contribution in [2.45, 2.75) is 50.2 Å². The zero-order valence-electron chi connectivity index (χ0n) is 11.0. The van der Waals surface area contributed by atoms with Crippen LogP contribution in [0, 0.1) is 0 Å². The van der Waals surface area contributed by atoms with Gasteiger partial charge < -0.3 is 16.0 Å². The van der Waals surface area contributed by atoms with E-state index in [0.717, 1.165) is 32.0 Å². The number of likely N-dealkylation sites (tertiary alicyclic amines) is 2. The molecule has 5 nitrogen and oxygen atoms in total. The minimum Gasteiger partial charge on any atom is -0.351 e. The third-order valence-corrected chi connectivity index (χ3v) is 4.56. The maximum Gasteiger partial charge on any atom is 0.314 e. The van der Waals surface area contributed by atoms with E-state index in [4.69, 9.17) is 5.73 Å². The van der Waals surface area contributed by atoms with Crippen molar-refractivity contribution in [3.05, 3.63) is 0 Å². The van der Waals surface area contributed by atoms with Crippen molar-refractivity contribution >= 4 is 6.03 Å². The lowest BCUT2D eigenvalue weighted by Crippen LogP contribution is -2.49. The molecule has 0 aromatic heterocycles. The summed E-state index contributed by atoms with van der Waals surface area (Å²) < 4.78 is 0. The molecule has 2 heterocycles. The first-order valence-electron chi connectivity index (χ1n) is 7.27. The van der Waals surface area contributed by atoms with Crippen molar-refractivity contribution in [2.75, 3.05) is 26.2 Å². The Kier molecular flexibility index (Phi) is 3.43. The van der Waals surface area contributed by atoms with Gasteiger partial charge in [0.05, 0.1) is 0 Å². The SMILES string of the molecule is NC(=O)N1CCC(NC2CCN(C3CC3)C2)CC1. The quantitative estimate of drug-likeness (QED) is 0.762. The normalized spacial score (nSPS) is 30.9. The molecule has 0 spiro atoms. The van der Waals surface area contributed by atoms with E-state index in [1.54, 1.807) is 4.90 Å². The van der Waals surface area contributed by atoms with Crippen LogP contribution >= 0.6 is 0 Å². The smallest absolute Gasteiger partial charge is 0.314 e. The second-order valence-corrected chi connectivity index (χ2v) is 5.98. The average Bonchev–Trinajstić information content (AvgIpc) is 3.11. The second kappa shape index (κ2) is 5.05. The highest BCUT2D eigenvalue weighted by Gasteiger charge is 2.35. The van der Waals surface area contributed by atoms with E-state index in [1.165, 1.54) is 32.4 Å². The first-order chi connectivity index (χ1) is 8.72. The van der Waals surface area contributed by atoms with Gasteiger partial charge >= 0.3 is 6.03 Å².